The van der Waals surface area contributed by atoms with Crippen LogP contribution in [0, 0.1) is 6.92 Å². The van der Waals surface area contributed by atoms with Gasteiger partial charge in [0.25, 0.3) is 0 Å². The van der Waals surface area contributed by atoms with E-state index in [1.165, 1.54) is 27.7 Å². The van der Waals surface area contributed by atoms with Crippen LogP contribution >= 0.6 is 0 Å². The molecule has 0 aliphatic rings. The third-order valence-corrected chi connectivity index (χ3v) is 9.71. The molecule has 1 unspecified atom stereocenters. The second-order valence-corrected chi connectivity index (χ2v) is 12.9. The third-order valence-electron chi connectivity index (χ3n) is 9.71. The van der Waals surface area contributed by atoms with Crippen LogP contribution < -0.4 is 4.90 Å². The minimum Gasteiger partial charge on any atom is -0.337 e. The van der Waals surface area contributed by atoms with Gasteiger partial charge in [0.05, 0.1) is 16.9 Å². The molecule has 1 atom stereocenters. The molecule has 0 amide bonds. The van der Waals surface area contributed by atoms with Gasteiger partial charge in [-0.05, 0) is 73.9 Å². The molecule has 0 saturated carbocycles. The first-order valence-electron chi connectivity index (χ1n) is 17.7. The number of aromatic nitrogens is 3. The summed E-state index contributed by atoms with van der Waals surface area (Å²) in [5, 5.41) is 1.26. The second-order valence-electron chi connectivity index (χ2n) is 12.9. The van der Waals surface area contributed by atoms with Crippen molar-refractivity contribution in [3.8, 4) is 28.2 Å². The third kappa shape index (κ3) is 6.37. The van der Waals surface area contributed by atoms with Crippen molar-refractivity contribution in [1.82, 2.24) is 14.0 Å². The van der Waals surface area contributed by atoms with Gasteiger partial charge in [-0.15, -0.1) is 13.2 Å². The van der Waals surface area contributed by atoms with Gasteiger partial charge in [0.15, 0.2) is 0 Å². The van der Waals surface area contributed by atoms with Crippen molar-refractivity contribution in [1.29, 1.82) is 0 Å². The first-order chi connectivity index (χ1) is 25.0. The normalized spacial score (nSPS) is 12.3. The van der Waals surface area contributed by atoms with Crippen molar-refractivity contribution in [3.63, 3.8) is 0 Å². The zero-order chi connectivity index (χ0) is 35.3. The van der Waals surface area contributed by atoms with Crippen LogP contribution in [0.5, 0.6) is 0 Å². The summed E-state index contributed by atoms with van der Waals surface area (Å²) in [4.78, 5) is 7.58. The molecular formula is C47H44N4. The number of hydrogen-bond acceptors (Lipinski definition) is 2. The SMILES string of the molecule is C=CCN(c1cc(-c2c(-c3ccccc3)nc3ccccn23)cc(-n2c(C)c(CC=C/C=C\C)c3ccccc32)c1)c1ccccc1C(C)C=C. The number of rotatable bonds is 12. The van der Waals surface area contributed by atoms with Crippen LogP contribution in [0.4, 0.5) is 11.4 Å². The maximum absolute atomic E-state index is 5.20. The smallest absolute Gasteiger partial charge is 0.137 e. The van der Waals surface area contributed by atoms with Crippen LogP contribution in [-0.4, -0.2) is 20.5 Å². The number of para-hydroxylation sites is 2. The van der Waals surface area contributed by atoms with Gasteiger partial charge >= 0.3 is 0 Å². The lowest BCUT2D eigenvalue weighted by molar-refractivity contribution is 0.949. The summed E-state index contributed by atoms with van der Waals surface area (Å²) < 4.78 is 4.64. The van der Waals surface area contributed by atoms with Gasteiger partial charge < -0.3 is 9.47 Å². The van der Waals surface area contributed by atoms with Gasteiger partial charge in [-0.1, -0.05) is 116 Å². The zero-order valence-corrected chi connectivity index (χ0v) is 29.7. The van der Waals surface area contributed by atoms with E-state index in [0.29, 0.717) is 6.54 Å². The highest BCUT2D eigenvalue weighted by Gasteiger charge is 2.22. The van der Waals surface area contributed by atoms with Crippen molar-refractivity contribution in [2.24, 2.45) is 0 Å². The molecule has 7 aromatic rings. The van der Waals surface area contributed by atoms with E-state index in [2.05, 4.69) is 181 Å². The average Bonchev–Trinajstić information content (AvgIpc) is 3.70. The molecule has 0 aliphatic heterocycles. The van der Waals surface area contributed by atoms with Gasteiger partial charge in [0.1, 0.15) is 5.65 Å². The fourth-order valence-corrected chi connectivity index (χ4v) is 7.20. The molecule has 252 valence electrons. The Bertz CT molecular complexity index is 2400. The van der Waals surface area contributed by atoms with Crippen LogP contribution in [0.3, 0.4) is 0 Å². The van der Waals surface area contributed by atoms with Gasteiger partial charge in [-0.25, -0.2) is 4.98 Å². The topological polar surface area (TPSA) is 25.5 Å². The summed E-state index contributed by atoms with van der Waals surface area (Å²) in [6.45, 7) is 15.5. The van der Waals surface area contributed by atoms with E-state index in [1.807, 2.05) is 25.1 Å². The minimum absolute atomic E-state index is 0.174. The molecule has 0 radical (unpaired) electrons. The average molecular weight is 665 g/mol. The first-order valence-corrected chi connectivity index (χ1v) is 17.7. The molecule has 7 rings (SSSR count). The van der Waals surface area contributed by atoms with E-state index in [-0.39, 0.29) is 5.92 Å². The Labute approximate surface area is 301 Å². The van der Waals surface area contributed by atoms with Gasteiger partial charge in [-0.3, -0.25) is 4.40 Å². The zero-order valence-electron chi connectivity index (χ0n) is 29.7. The molecule has 4 heteroatoms. The number of allylic oxidation sites excluding steroid dienone is 5. The Morgan fingerprint density at radius 3 is 2.39 bits per heavy atom. The Balaban J connectivity index is 1.55. The summed E-state index contributed by atoms with van der Waals surface area (Å²) in [6.07, 6.45) is 15.5. The van der Waals surface area contributed by atoms with E-state index in [1.54, 1.807) is 0 Å². The van der Waals surface area contributed by atoms with E-state index >= 15 is 0 Å². The lowest BCUT2D eigenvalue weighted by Gasteiger charge is -2.29. The first kappa shape index (κ1) is 33.4. The van der Waals surface area contributed by atoms with Crippen molar-refractivity contribution in [2.45, 2.75) is 33.1 Å². The highest BCUT2D eigenvalue weighted by atomic mass is 15.1. The number of pyridine rings is 1. The molecule has 0 N–H and O–H groups in total. The fraction of sp³-hybridized carbons (Fsp3) is 0.128. The Kier molecular flexibility index (Phi) is 9.67. The van der Waals surface area contributed by atoms with Gasteiger partial charge in [0.2, 0.25) is 0 Å². The van der Waals surface area contributed by atoms with Crippen molar-refractivity contribution in [3.05, 3.63) is 188 Å². The molecule has 4 nitrogen and oxygen atoms in total. The molecule has 0 saturated heterocycles. The van der Waals surface area contributed by atoms with Gasteiger partial charge in [0, 0.05) is 57.9 Å². The van der Waals surface area contributed by atoms with Crippen molar-refractivity contribution >= 4 is 27.9 Å². The monoisotopic (exact) mass is 664 g/mol. The van der Waals surface area contributed by atoms with E-state index in [9.17, 15) is 0 Å². The number of benzene rings is 4. The van der Waals surface area contributed by atoms with Crippen LogP contribution in [0.15, 0.2) is 171 Å². The quantitative estimate of drug-likeness (QED) is 0.0959. The fourth-order valence-electron chi connectivity index (χ4n) is 7.20. The summed E-state index contributed by atoms with van der Waals surface area (Å²) in [5.74, 6) is 0.174. The highest BCUT2D eigenvalue weighted by Crippen LogP contribution is 2.41. The highest BCUT2D eigenvalue weighted by molar-refractivity contribution is 5.90. The van der Waals surface area contributed by atoms with E-state index in [0.717, 1.165) is 51.6 Å². The van der Waals surface area contributed by atoms with E-state index < -0.39 is 0 Å². The maximum Gasteiger partial charge on any atom is 0.137 e. The minimum atomic E-state index is 0.174. The summed E-state index contributed by atoms with van der Waals surface area (Å²) in [5.41, 5.74) is 13.3. The molecule has 0 aliphatic carbocycles. The lowest BCUT2D eigenvalue weighted by atomic mass is 9.97. The summed E-state index contributed by atoms with van der Waals surface area (Å²) in [7, 11) is 0. The number of anilines is 2. The molecule has 0 bridgehead atoms. The summed E-state index contributed by atoms with van der Waals surface area (Å²) in [6, 6.07) is 41.1. The number of fused-ring (bicyclic) bond motifs is 2. The predicted octanol–water partition coefficient (Wildman–Crippen LogP) is 12.2. The van der Waals surface area contributed by atoms with Crippen molar-refractivity contribution < 1.29 is 0 Å². The van der Waals surface area contributed by atoms with Crippen molar-refractivity contribution in [2.75, 3.05) is 11.4 Å². The molecule has 0 spiro atoms. The standard InChI is InChI=1S/C47H44N4/c1-6-9-10-14-24-41-35(5)51(44-27-18-16-25-42(41)44)39-32-37(47-46(36-21-12-11-13-22-36)48-45-28-19-20-30-50(45)47)31-38(33-39)49(29-7-2)43-26-17-15-23-40(43)34(4)8-3/h6-23,25-28,30-34H,2-3,24,29H2,1,4-5H3/b9-6-,14-10?. The Morgan fingerprint density at radius 2 is 1.59 bits per heavy atom. The largest absolute Gasteiger partial charge is 0.337 e. The molecule has 3 aromatic heterocycles. The Morgan fingerprint density at radius 1 is 0.824 bits per heavy atom. The number of hydrogen-bond donors (Lipinski definition) is 0. The number of nitrogens with zero attached hydrogens (tertiary/aromatic N) is 4. The maximum atomic E-state index is 5.20. The van der Waals surface area contributed by atoms with Crippen LogP contribution in [0.1, 0.15) is 36.6 Å². The molecule has 4 aromatic carbocycles. The molecular weight excluding hydrogens is 621 g/mol. The predicted molar refractivity (Wildman–Crippen MR) is 218 cm³/mol. The lowest BCUT2D eigenvalue weighted by Crippen LogP contribution is -2.19. The van der Waals surface area contributed by atoms with Crippen LogP contribution in [0.2, 0.25) is 0 Å². The number of imidazole rings is 1. The Hall–Kier alpha value is -6.13. The van der Waals surface area contributed by atoms with Crippen LogP contribution in [0.25, 0.3) is 44.8 Å². The molecule has 0 fully saturated rings. The van der Waals surface area contributed by atoms with Gasteiger partial charge in [-0.2, -0.15) is 0 Å². The molecule has 3 heterocycles. The van der Waals surface area contributed by atoms with E-state index in [4.69, 9.17) is 4.98 Å². The summed E-state index contributed by atoms with van der Waals surface area (Å²) >= 11 is 0. The molecule has 51 heavy (non-hydrogen) atoms. The van der Waals surface area contributed by atoms with Crippen LogP contribution in [-0.2, 0) is 6.42 Å². The second kappa shape index (κ2) is 14.8.